The van der Waals surface area contributed by atoms with Crippen LogP contribution < -0.4 is 5.32 Å². The molecule has 3 rings (SSSR count). The van der Waals surface area contributed by atoms with Gasteiger partial charge < -0.3 is 10.2 Å². The lowest BCUT2D eigenvalue weighted by molar-refractivity contribution is -0.122. The summed E-state index contributed by atoms with van der Waals surface area (Å²) in [6.07, 6.45) is 2.09. The fourth-order valence-electron chi connectivity index (χ4n) is 2.67. The predicted molar refractivity (Wildman–Crippen MR) is 84.9 cm³/mol. The first-order valence-corrected chi connectivity index (χ1v) is 8.27. The maximum absolute atomic E-state index is 13.3. The van der Waals surface area contributed by atoms with Crippen molar-refractivity contribution >= 4 is 23.4 Å². The standard InChI is InChI=1S/C16H18ClF2N3O2/c17-12-8-14(19)13(18)7-11(12)16(24)22-5-3-21(4-6-22)9-15(23)20-10-1-2-10/h7-8,10H,1-6,9H2,(H,20,23). The van der Waals surface area contributed by atoms with Gasteiger partial charge in [-0.3, -0.25) is 14.5 Å². The first-order valence-electron chi connectivity index (χ1n) is 7.89. The van der Waals surface area contributed by atoms with Gasteiger partial charge in [-0.2, -0.15) is 0 Å². The lowest BCUT2D eigenvalue weighted by Crippen LogP contribution is -2.51. The van der Waals surface area contributed by atoms with Gasteiger partial charge in [0.15, 0.2) is 11.6 Å². The number of piperazine rings is 1. The first-order chi connectivity index (χ1) is 11.4. The zero-order chi connectivity index (χ0) is 17.3. The Kier molecular flexibility index (Phi) is 5.01. The summed E-state index contributed by atoms with van der Waals surface area (Å²) in [6, 6.07) is 1.97. The number of rotatable bonds is 4. The third kappa shape index (κ3) is 4.02. The Bertz CT molecular complexity index is 659. The second-order valence-electron chi connectivity index (χ2n) is 6.16. The van der Waals surface area contributed by atoms with Crippen LogP contribution in [0.25, 0.3) is 0 Å². The molecular weight excluding hydrogens is 340 g/mol. The number of nitrogens with zero attached hydrogens (tertiary/aromatic N) is 2. The molecule has 0 unspecified atom stereocenters. The monoisotopic (exact) mass is 357 g/mol. The number of carbonyl (C=O) groups excluding carboxylic acids is 2. The molecule has 1 heterocycles. The van der Waals surface area contributed by atoms with Crippen molar-refractivity contribution in [1.29, 1.82) is 0 Å². The van der Waals surface area contributed by atoms with Crippen LogP contribution in [-0.4, -0.2) is 60.4 Å². The zero-order valence-electron chi connectivity index (χ0n) is 13.0. The van der Waals surface area contributed by atoms with Crippen LogP contribution in [0, 0.1) is 11.6 Å². The third-order valence-electron chi connectivity index (χ3n) is 4.21. The van der Waals surface area contributed by atoms with Gasteiger partial charge in [0.05, 0.1) is 17.1 Å². The van der Waals surface area contributed by atoms with Crippen molar-refractivity contribution in [2.75, 3.05) is 32.7 Å². The van der Waals surface area contributed by atoms with E-state index in [2.05, 4.69) is 5.32 Å². The summed E-state index contributed by atoms with van der Waals surface area (Å²) in [5.74, 6) is -2.61. The Hall–Kier alpha value is -1.73. The lowest BCUT2D eigenvalue weighted by atomic mass is 10.1. The predicted octanol–water partition coefficient (Wildman–Crippen LogP) is 1.65. The van der Waals surface area contributed by atoms with E-state index < -0.39 is 17.5 Å². The quantitative estimate of drug-likeness (QED) is 0.834. The second kappa shape index (κ2) is 7.03. The van der Waals surface area contributed by atoms with Crippen molar-refractivity contribution in [2.24, 2.45) is 0 Å². The number of halogens is 3. The van der Waals surface area contributed by atoms with Gasteiger partial charge in [-0.05, 0) is 25.0 Å². The molecule has 1 N–H and O–H groups in total. The number of nitrogens with one attached hydrogen (secondary N) is 1. The van der Waals surface area contributed by atoms with E-state index in [1.54, 1.807) is 0 Å². The molecule has 0 bridgehead atoms. The highest BCUT2D eigenvalue weighted by molar-refractivity contribution is 6.33. The maximum Gasteiger partial charge on any atom is 0.255 e. The fourth-order valence-corrected chi connectivity index (χ4v) is 2.90. The average Bonchev–Trinajstić information content (AvgIpc) is 3.35. The minimum Gasteiger partial charge on any atom is -0.352 e. The van der Waals surface area contributed by atoms with Crippen LogP contribution in [0.5, 0.6) is 0 Å². The maximum atomic E-state index is 13.3. The Labute approximate surface area is 143 Å². The zero-order valence-corrected chi connectivity index (χ0v) is 13.8. The number of carbonyl (C=O) groups is 2. The minimum absolute atomic E-state index is 0.000858. The van der Waals surface area contributed by atoms with Gasteiger partial charge in [-0.15, -0.1) is 0 Å². The molecule has 1 aromatic carbocycles. The molecule has 0 spiro atoms. The summed E-state index contributed by atoms with van der Waals surface area (Å²) in [5.41, 5.74) is -0.0458. The summed E-state index contributed by atoms with van der Waals surface area (Å²) < 4.78 is 26.4. The van der Waals surface area contributed by atoms with E-state index in [0.717, 1.165) is 25.0 Å². The van der Waals surface area contributed by atoms with Gasteiger partial charge in [0, 0.05) is 32.2 Å². The molecule has 1 saturated carbocycles. The number of amides is 2. The van der Waals surface area contributed by atoms with E-state index in [0.29, 0.717) is 38.8 Å². The Morgan fingerprint density at radius 1 is 1.12 bits per heavy atom. The van der Waals surface area contributed by atoms with E-state index in [1.807, 2.05) is 4.90 Å². The van der Waals surface area contributed by atoms with Crippen LogP contribution in [0.1, 0.15) is 23.2 Å². The van der Waals surface area contributed by atoms with Crippen molar-refractivity contribution in [2.45, 2.75) is 18.9 Å². The summed E-state index contributed by atoms with van der Waals surface area (Å²) in [5, 5.41) is 2.82. The summed E-state index contributed by atoms with van der Waals surface area (Å²) in [4.78, 5) is 27.7. The molecule has 1 aromatic rings. The lowest BCUT2D eigenvalue weighted by Gasteiger charge is -2.34. The molecule has 1 saturated heterocycles. The van der Waals surface area contributed by atoms with Crippen LogP contribution in [0.3, 0.4) is 0 Å². The van der Waals surface area contributed by atoms with E-state index >= 15 is 0 Å². The van der Waals surface area contributed by atoms with Gasteiger partial charge in [0.2, 0.25) is 5.91 Å². The molecule has 2 aliphatic rings. The van der Waals surface area contributed by atoms with E-state index in [1.165, 1.54) is 4.90 Å². The molecule has 5 nitrogen and oxygen atoms in total. The Balaban J connectivity index is 1.55. The van der Waals surface area contributed by atoms with Gasteiger partial charge in [0.25, 0.3) is 5.91 Å². The topological polar surface area (TPSA) is 52.7 Å². The van der Waals surface area contributed by atoms with E-state index in [9.17, 15) is 18.4 Å². The largest absolute Gasteiger partial charge is 0.352 e. The van der Waals surface area contributed by atoms with Crippen molar-refractivity contribution in [1.82, 2.24) is 15.1 Å². The molecule has 1 aliphatic heterocycles. The summed E-state index contributed by atoms with van der Waals surface area (Å²) >= 11 is 5.85. The Morgan fingerprint density at radius 3 is 2.38 bits per heavy atom. The number of benzene rings is 1. The number of hydrogen-bond donors (Lipinski definition) is 1. The molecular formula is C16H18ClF2N3O2. The average molecular weight is 358 g/mol. The third-order valence-corrected chi connectivity index (χ3v) is 4.52. The van der Waals surface area contributed by atoms with Gasteiger partial charge in [-0.25, -0.2) is 8.78 Å². The van der Waals surface area contributed by atoms with Crippen molar-refractivity contribution < 1.29 is 18.4 Å². The second-order valence-corrected chi connectivity index (χ2v) is 6.56. The molecule has 1 aliphatic carbocycles. The van der Waals surface area contributed by atoms with Gasteiger partial charge >= 0.3 is 0 Å². The van der Waals surface area contributed by atoms with Crippen LogP contribution >= 0.6 is 11.6 Å². The molecule has 0 radical (unpaired) electrons. The molecule has 130 valence electrons. The van der Waals surface area contributed by atoms with Crippen LogP contribution in [-0.2, 0) is 4.79 Å². The van der Waals surface area contributed by atoms with E-state index in [4.69, 9.17) is 11.6 Å². The highest BCUT2D eigenvalue weighted by Gasteiger charge is 2.27. The van der Waals surface area contributed by atoms with Crippen LogP contribution in [0.2, 0.25) is 5.02 Å². The SMILES string of the molecule is O=C(CN1CCN(C(=O)c2cc(F)c(F)cc2Cl)CC1)NC1CC1. The van der Waals surface area contributed by atoms with Crippen molar-refractivity contribution in [3.8, 4) is 0 Å². The molecule has 8 heteroatoms. The molecule has 2 fully saturated rings. The highest BCUT2D eigenvalue weighted by atomic mass is 35.5. The van der Waals surface area contributed by atoms with Gasteiger partial charge in [-0.1, -0.05) is 11.6 Å². The van der Waals surface area contributed by atoms with Crippen molar-refractivity contribution in [3.05, 3.63) is 34.4 Å². The highest BCUT2D eigenvalue weighted by Crippen LogP contribution is 2.22. The first kappa shape index (κ1) is 17.1. The molecule has 2 amide bonds. The molecule has 0 atom stereocenters. The number of hydrogen-bond acceptors (Lipinski definition) is 3. The normalized spacial score (nSPS) is 18.5. The van der Waals surface area contributed by atoms with E-state index in [-0.39, 0.29) is 16.5 Å². The summed E-state index contributed by atoms with van der Waals surface area (Å²) in [6.45, 7) is 2.22. The van der Waals surface area contributed by atoms with Crippen LogP contribution in [0.15, 0.2) is 12.1 Å². The summed E-state index contributed by atoms with van der Waals surface area (Å²) in [7, 11) is 0. The fraction of sp³-hybridized carbons (Fsp3) is 0.500. The minimum atomic E-state index is -1.10. The van der Waals surface area contributed by atoms with Crippen LogP contribution in [0.4, 0.5) is 8.78 Å². The molecule has 0 aromatic heterocycles. The Morgan fingerprint density at radius 2 is 1.75 bits per heavy atom. The molecule has 24 heavy (non-hydrogen) atoms. The van der Waals surface area contributed by atoms with Gasteiger partial charge in [0.1, 0.15) is 0 Å². The smallest absolute Gasteiger partial charge is 0.255 e. The van der Waals surface area contributed by atoms with Crippen molar-refractivity contribution in [3.63, 3.8) is 0 Å².